The second-order valence-electron chi connectivity index (χ2n) is 5.05. The Labute approximate surface area is 139 Å². The van der Waals surface area contributed by atoms with E-state index in [0.717, 1.165) is 12.4 Å². The molecule has 1 amide bonds. The number of hydrogen-bond acceptors (Lipinski definition) is 7. The highest BCUT2D eigenvalue weighted by atomic mass is 32.3. The average molecular weight is 379 g/mol. The standard InChI is InChI=1S/C12H12F3N5O4S/c13-12(14,15)11-18-9(19-24-11)7-5-17-8(6-16-7)10(21)20-25(22)3-1-23-2-4-25/h5-6,25H,1-4H2,(H,20,21,22). The molecule has 1 aliphatic rings. The summed E-state index contributed by atoms with van der Waals surface area (Å²) in [5.41, 5.74) is -0.251. The SMILES string of the molecule is O=C(N=[SH]1(O)CCOCC1)c1cnc(-c2noc(C(F)(F)F)n2)cn1. The molecule has 1 N–H and O–H groups in total. The minimum atomic E-state index is -4.77. The normalized spacial score (nSPS) is 18.6. The van der Waals surface area contributed by atoms with Crippen molar-refractivity contribution in [2.45, 2.75) is 6.18 Å². The van der Waals surface area contributed by atoms with Gasteiger partial charge in [0.1, 0.15) is 11.4 Å². The molecule has 9 nitrogen and oxygen atoms in total. The van der Waals surface area contributed by atoms with Crippen LogP contribution in [0.25, 0.3) is 11.5 Å². The summed E-state index contributed by atoms with van der Waals surface area (Å²) in [5, 5.41) is 3.17. The average Bonchev–Trinajstić information content (AvgIpc) is 3.05. The van der Waals surface area contributed by atoms with Gasteiger partial charge < -0.3 is 13.8 Å². The van der Waals surface area contributed by atoms with E-state index in [-0.39, 0.29) is 22.9 Å². The van der Waals surface area contributed by atoms with Crippen molar-refractivity contribution in [3.05, 3.63) is 24.0 Å². The summed E-state index contributed by atoms with van der Waals surface area (Å²) >= 11 is 0. The molecule has 0 aliphatic carbocycles. The number of carbonyl (C=O) groups is 1. The number of rotatable bonds is 2. The smallest absolute Gasteiger partial charge is 0.380 e. The third kappa shape index (κ3) is 4.05. The highest BCUT2D eigenvalue weighted by Crippen LogP contribution is 2.28. The van der Waals surface area contributed by atoms with Crippen LogP contribution in [0.2, 0.25) is 0 Å². The second kappa shape index (κ2) is 6.57. The van der Waals surface area contributed by atoms with Gasteiger partial charge in [-0.05, 0) is 0 Å². The van der Waals surface area contributed by atoms with E-state index in [1.54, 1.807) is 0 Å². The summed E-state index contributed by atoms with van der Waals surface area (Å²) in [6.07, 6.45) is -2.71. The number of alkyl halides is 3. The maximum absolute atomic E-state index is 12.4. The molecule has 0 saturated carbocycles. The molecule has 0 spiro atoms. The monoisotopic (exact) mass is 379 g/mol. The number of ether oxygens (including phenoxy) is 1. The van der Waals surface area contributed by atoms with Gasteiger partial charge in [-0.3, -0.25) is 4.79 Å². The number of nitrogens with zero attached hydrogens (tertiary/aromatic N) is 5. The molecule has 13 heteroatoms. The van der Waals surface area contributed by atoms with Crippen LogP contribution < -0.4 is 0 Å². The van der Waals surface area contributed by atoms with Crippen LogP contribution in [0.1, 0.15) is 16.4 Å². The van der Waals surface area contributed by atoms with Crippen molar-refractivity contribution in [2.24, 2.45) is 4.36 Å². The lowest BCUT2D eigenvalue weighted by molar-refractivity contribution is -0.159. The molecule has 0 radical (unpaired) electrons. The predicted octanol–water partition coefficient (Wildman–Crippen LogP) is 1.26. The third-order valence-electron chi connectivity index (χ3n) is 3.23. The van der Waals surface area contributed by atoms with E-state index in [9.17, 15) is 22.5 Å². The summed E-state index contributed by atoms with van der Waals surface area (Å²) in [6.45, 7) is 0.649. The molecular formula is C12H12F3N5O4S. The number of halogens is 3. The zero-order chi connectivity index (χ0) is 18.1. The molecule has 0 aromatic carbocycles. The Kier molecular flexibility index (Phi) is 4.62. The van der Waals surface area contributed by atoms with E-state index in [1.807, 2.05) is 0 Å². The fraction of sp³-hybridized carbons (Fsp3) is 0.417. The van der Waals surface area contributed by atoms with Crippen LogP contribution in [-0.2, 0) is 21.0 Å². The summed E-state index contributed by atoms with van der Waals surface area (Å²) in [7, 11) is -2.75. The van der Waals surface area contributed by atoms with Crippen LogP contribution in [0.3, 0.4) is 0 Å². The van der Waals surface area contributed by atoms with E-state index in [1.165, 1.54) is 0 Å². The fourth-order valence-electron chi connectivity index (χ4n) is 1.95. The van der Waals surface area contributed by atoms with Gasteiger partial charge in [0, 0.05) is 11.5 Å². The van der Waals surface area contributed by atoms with Crippen molar-refractivity contribution in [1.82, 2.24) is 20.1 Å². The lowest BCUT2D eigenvalue weighted by atomic mass is 10.4. The third-order valence-corrected chi connectivity index (χ3v) is 5.58. The van der Waals surface area contributed by atoms with Gasteiger partial charge in [0.05, 0.1) is 25.6 Å². The highest BCUT2D eigenvalue weighted by molar-refractivity contribution is 8.00. The lowest BCUT2D eigenvalue weighted by Crippen LogP contribution is -2.32. The Bertz CT molecular complexity index is 826. The largest absolute Gasteiger partial charge is 0.471 e. The molecule has 2 aromatic heterocycles. The number of hydrogen-bond donors (Lipinski definition) is 2. The Morgan fingerprint density at radius 3 is 2.52 bits per heavy atom. The first-order chi connectivity index (χ1) is 11.8. The quantitative estimate of drug-likeness (QED) is 0.748. The van der Waals surface area contributed by atoms with Crippen LogP contribution >= 0.6 is 0 Å². The molecule has 1 saturated heterocycles. The van der Waals surface area contributed by atoms with E-state index in [4.69, 9.17) is 4.74 Å². The molecule has 136 valence electrons. The van der Waals surface area contributed by atoms with Gasteiger partial charge in [-0.25, -0.2) is 9.97 Å². The maximum atomic E-state index is 12.4. The predicted molar refractivity (Wildman–Crippen MR) is 79.0 cm³/mol. The van der Waals surface area contributed by atoms with Gasteiger partial charge in [0.15, 0.2) is 0 Å². The van der Waals surface area contributed by atoms with Crippen molar-refractivity contribution in [3.63, 3.8) is 0 Å². The van der Waals surface area contributed by atoms with Crippen molar-refractivity contribution in [2.75, 3.05) is 24.7 Å². The molecule has 0 atom stereocenters. The van der Waals surface area contributed by atoms with Gasteiger partial charge in [-0.1, -0.05) is 15.3 Å². The van der Waals surface area contributed by atoms with Crippen LogP contribution in [0.15, 0.2) is 21.3 Å². The highest BCUT2D eigenvalue weighted by Gasteiger charge is 2.38. The summed E-state index contributed by atoms with van der Waals surface area (Å²) in [5.74, 6) is -2.10. The topological polar surface area (TPSA) is 124 Å². The van der Waals surface area contributed by atoms with Crippen LogP contribution in [0.5, 0.6) is 0 Å². The minimum absolute atomic E-state index is 0.102. The Morgan fingerprint density at radius 1 is 1.24 bits per heavy atom. The van der Waals surface area contributed by atoms with Crippen LogP contribution in [-0.4, -0.2) is 55.3 Å². The summed E-state index contributed by atoms with van der Waals surface area (Å²) < 4.78 is 60.6. The fourth-order valence-corrected chi connectivity index (χ4v) is 3.66. The molecule has 25 heavy (non-hydrogen) atoms. The summed E-state index contributed by atoms with van der Waals surface area (Å²) in [4.78, 5) is 22.8. The molecule has 1 fully saturated rings. The van der Waals surface area contributed by atoms with Gasteiger partial charge in [-0.15, -0.1) is 0 Å². The zero-order valence-electron chi connectivity index (χ0n) is 12.5. The number of thiol groups is 1. The maximum Gasteiger partial charge on any atom is 0.471 e. The minimum Gasteiger partial charge on any atom is -0.380 e. The van der Waals surface area contributed by atoms with Crippen molar-refractivity contribution in [3.8, 4) is 11.5 Å². The van der Waals surface area contributed by atoms with E-state index in [2.05, 4.69) is 29.0 Å². The van der Waals surface area contributed by atoms with Gasteiger partial charge >= 0.3 is 18.0 Å². The van der Waals surface area contributed by atoms with E-state index < -0.39 is 33.9 Å². The van der Waals surface area contributed by atoms with E-state index >= 15 is 0 Å². The molecule has 2 aromatic rings. The molecule has 3 rings (SSSR count). The Hall–Kier alpha value is -2.25. The number of carbonyl (C=O) groups excluding carboxylic acids is 1. The second-order valence-corrected chi connectivity index (χ2v) is 7.90. The zero-order valence-corrected chi connectivity index (χ0v) is 13.4. The molecule has 3 heterocycles. The van der Waals surface area contributed by atoms with Gasteiger partial charge in [-0.2, -0.15) is 22.5 Å². The summed E-state index contributed by atoms with van der Waals surface area (Å²) in [6, 6.07) is 0. The molecule has 1 aliphatic heterocycles. The van der Waals surface area contributed by atoms with Crippen molar-refractivity contribution in [1.29, 1.82) is 0 Å². The van der Waals surface area contributed by atoms with Crippen molar-refractivity contribution >= 4 is 16.0 Å². The first-order valence-corrected chi connectivity index (χ1v) is 9.02. The first-order valence-electron chi connectivity index (χ1n) is 6.95. The van der Waals surface area contributed by atoms with E-state index in [0.29, 0.717) is 13.2 Å². The first kappa shape index (κ1) is 17.6. The van der Waals surface area contributed by atoms with Gasteiger partial charge in [0.25, 0.3) is 0 Å². The molecule has 0 unspecified atom stereocenters. The Morgan fingerprint density at radius 2 is 1.96 bits per heavy atom. The van der Waals surface area contributed by atoms with Gasteiger partial charge in [0.2, 0.25) is 5.82 Å². The van der Waals surface area contributed by atoms with Crippen LogP contribution in [0, 0.1) is 0 Å². The lowest BCUT2D eigenvalue weighted by Gasteiger charge is -2.27. The number of aromatic nitrogens is 4. The molecular weight excluding hydrogens is 367 g/mol. The number of amides is 1. The van der Waals surface area contributed by atoms with Crippen molar-refractivity contribution < 1.29 is 31.8 Å². The molecule has 0 bridgehead atoms. The van der Waals surface area contributed by atoms with Crippen LogP contribution in [0.4, 0.5) is 13.2 Å². The Balaban J connectivity index is 1.79.